The van der Waals surface area contributed by atoms with E-state index in [4.69, 9.17) is 10.8 Å². The summed E-state index contributed by atoms with van der Waals surface area (Å²) in [6.07, 6.45) is 5.99. The SMILES string of the molecule is CC#Cc1cnc2c(Nc3ccccc3)cc(NC3CCC(N)CC3)nn12. The molecule has 0 aliphatic heterocycles. The summed E-state index contributed by atoms with van der Waals surface area (Å²) in [5.41, 5.74) is 9.47. The van der Waals surface area contributed by atoms with Crippen LogP contribution in [0.2, 0.25) is 0 Å². The molecule has 0 spiro atoms. The van der Waals surface area contributed by atoms with Crippen LogP contribution in [0.25, 0.3) is 5.65 Å². The van der Waals surface area contributed by atoms with Crippen molar-refractivity contribution >= 4 is 22.8 Å². The van der Waals surface area contributed by atoms with Gasteiger partial charge < -0.3 is 16.4 Å². The highest BCUT2D eigenvalue weighted by atomic mass is 15.3. The third kappa shape index (κ3) is 3.88. The molecule has 2 aromatic heterocycles. The molecule has 0 atom stereocenters. The second-order valence-corrected chi connectivity index (χ2v) is 6.94. The van der Waals surface area contributed by atoms with Crippen molar-refractivity contribution in [1.82, 2.24) is 14.6 Å². The zero-order chi connectivity index (χ0) is 18.6. The molecule has 0 amide bonds. The average molecular weight is 360 g/mol. The lowest BCUT2D eigenvalue weighted by Crippen LogP contribution is -2.33. The predicted octanol–water partition coefficient (Wildman–Crippen LogP) is 3.53. The van der Waals surface area contributed by atoms with Gasteiger partial charge in [-0.25, -0.2) is 9.50 Å². The second-order valence-electron chi connectivity index (χ2n) is 6.94. The zero-order valence-corrected chi connectivity index (χ0v) is 15.4. The average Bonchev–Trinajstić information content (AvgIpc) is 3.08. The molecule has 3 aromatic rings. The number of hydrogen-bond acceptors (Lipinski definition) is 5. The standard InChI is InChI=1S/C21H24N6/c1-2-6-18-14-23-21-19(24-16-7-4-3-5-8-16)13-20(26-27(18)21)25-17-11-9-15(22)10-12-17/h3-5,7-8,13-15,17,24H,9-12,22H2,1H3,(H,25,26). The number of benzene rings is 1. The van der Waals surface area contributed by atoms with Crippen molar-refractivity contribution in [3.8, 4) is 11.8 Å². The summed E-state index contributed by atoms with van der Waals surface area (Å²) in [4.78, 5) is 4.52. The van der Waals surface area contributed by atoms with Crippen molar-refractivity contribution in [2.45, 2.75) is 44.7 Å². The highest BCUT2D eigenvalue weighted by Crippen LogP contribution is 2.26. The molecule has 4 N–H and O–H groups in total. The molecule has 6 nitrogen and oxygen atoms in total. The summed E-state index contributed by atoms with van der Waals surface area (Å²) in [5.74, 6) is 6.82. The summed E-state index contributed by atoms with van der Waals surface area (Å²) in [5, 5.41) is 11.8. The number of nitrogens with zero attached hydrogens (tertiary/aromatic N) is 3. The molecular weight excluding hydrogens is 336 g/mol. The molecule has 1 saturated carbocycles. The van der Waals surface area contributed by atoms with Gasteiger partial charge in [-0.2, -0.15) is 0 Å². The van der Waals surface area contributed by atoms with E-state index >= 15 is 0 Å². The summed E-state index contributed by atoms with van der Waals surface area (Å²) in [6.45, 7) is 1.82. The predicted molar refractivity (Wildman–Crippen MR) is 109 cm³/mol. The summed E-state index contributed by atoms with van der Waals surface area (Å²) in [6, 6.07) is 12.8. The van der Waals surface area contributed by atoms with E-state index in [9.17, 15) is 0 Å². The van der Waals surface area contributed by atoms with Crippen LogP contribution in [0.5, 0.6) is 0 Å². The first-order valence-corrected chi connectivity index (χ1v) is 9.38. The minimum absolute atomic E-state index is 0.328. The Labute approximate surface area is 159 Å². The number of imidazole rings is 1. The molecule has 4 rings (SSSR count). The molecule has 0 radical (unpaired) electrons. The van der Waals surface area contributed by atoms with E-state index in [-0.39, 0.29) is 0 Å². The minimum Gasteiger partial charge on any atom is -0.366 e. The van der Waals surface area contributed by atoms with Gasteiger partial charge in [-0.3, -0.25) is 0 Å². The zero-order valence-electron chi connectivity index (χ0n) is 15.4. The van der Waals surface area contributed by atoms with Gasteiger partial charge >= 0.3 is 0 Å². The van der Waals surface area contributed by atoms with Gasteiger partial charge in [-0.1, -0.05) is 24.1 Å². The molecular formula is C21H24N6. The molecule has 1 aliphatic carbocycles. The van der Waals surface area contributed by atoms with Crippen molar-refractivity contribution in [3.63, 3.8) is 0 Å². The Hall–Kier alpha value is -3.04. The van der Waals surface area contributed by atoms with Crippen LogP contribution in [0.1, 0.15) is 38.3 Å². The Morgan fingerprint density at radius 1 is 1.15 bits per heavy atom. The molecule has 2 heterocycles. The lowest BCUT2D eigenvalue weighted by Gasteiger charge is -2.27. The van der Waals surface area contributed by atoms with E-state index < -0.39 is 0 Å². The van der Waals surface area contributed by atoms with Gasteiger partial charge in [0.2, 0.25) is 0 Å². The maximum absolute atomic E-state index is 6.03. The molecule has 0 bridgehead atoms. The number of aromatic nitrogens is 3. The normalized spacial score (nSPS) is 19.3. The van der Waals surface area contributed by atoms with Gasteiger partial charge in [0, 0.05) is 23.8 Å². The third-order valence-electron chi connectivity index (χ3n) is 4.90. The van der Waals surface area contributed by atoms with E-state index in [1.165, 1.54) is 0 Å². The van der Waals surface area contributed by atoms with Gasteiger partial charge in [-0.15, -0.1) is 5.10 Å². The largest absolute Gasteiger partial charge is 0.366 e. The monoisotopic (exact) mass is 360 g/mol. The van der Waals surface area contributed by atoms with Crippen LogP contribution in [-0.2, 0) is 0 Å². The Morgan fingerprint density at radius 2 is 1.93 bits per heavy atom. The number of nitrogens with one attached hydrogen (secondary N) is 2. The smallest absolute Gasteiger partial charge is 0.178 e. The van der Waals surface area contributed by atoms with Crippen LogP contribution in [0.3, 0.4) is 0 Å². The number of rotatable bonds is 4. The molecule has 1 aliphatic rings. The topological polar surface area (TPSA) is 80.3 Å². The highest BCUT2D eigenvalue weighted by Gasteiger charge is 2.20. The van der Waals surface area contributed by atoms with Gasteiger partial charge in [0.25, 0.3) is 0 Å². The van der Waals surface area contributed by atoms with Gasteiger partial charge in [0.1, 0.15) is 11.5 Å². The molecule has 1 fully saturated rings. The number of anilines is 3. The lowest BCUT2D eigenvalue weighted by molar-refractivity contribution is 0.410. The van der Waals surface area contributed by atoms with Crippen LogP contribution in [-0.4, -0.2) is 26.7 Å². The Morgan fingerprint density at radius 3 is 2.67 bits per heavy atom. The first kappa shape index (κ1) is 17.4. The van der Waals surface area contributed by atoms with E-state index in [2.05, 4.69) is 27.5 Å². The Balaban J connectivity index is 1.70. The Bertz CT molecular complexity index is 974. The molecule has 1 aromatic carbocycles. The van der Waals surface area contributed by atoms with Crippen molar-refractivity contribution in [2.75, 3.05) is 10.6 Å². The van der Waals surface area contributed by atoms with Crippen molar-refractivity contribution in [1.29, 1.82) is 0 Å². The first-order chi connectivity index (χ1) is 13.2. The van der Waals surface area contributed by atoms with Crippen LogP contribution in [0, 0.1) is 11.8 Å². The summed E-state index contributed by atoms with van der Waals surface area (Å²) < 4.78 is 1.80. The molecule has 27 heavy (non-hydrogen) atoms. The first-order valence-electron chi connectivity index (χ1n) is 9.38. The van der Waals surface area contributed by atoms with Crippen LogP contribution in [0.4, 0.5) is 17.2 Å². The van der Waals surface area contributed by atoms with E-state index in [0.29, 0.717) is 12.1 Å². The molecule has 6 heteroatoms. The van der Waals surface area contributed by atoms with Crippen LogP contribution >= 0.6 is 0 Å². The maximum atomic E-state index is 6.03. The minimum atomic E-state index is 0.328. The van der Waals surface area contributed by atoms with E-state index in [1.54, 1.807) is 10.7 Å². The fourth-order valence-corrected chi connectivity index (χ4v) is 3.49. The molecule has 138 valence electrons. The second kappa shape index (κ2) is 7.68. The Kier molecular flexibility index (Phi) is 4.95. The lowest BCUT2D eigenvalue weighted by atomic mass is 9.92. The number of nitrogens with two attached hydrogens (primary N) is 1. The maximum Gasteiger partial charge on any atom is 0.178 e. The summed E-state index contributed by atoms with van der Waals surface area (Å²) in [7, 11) is 0. The number of fused-ring (bicyclic) bond motifs is 1. The molecule has 0 saturated heterocycles. The van der Waals surface area contributed by atoms with Gasteiger partial charge in [-0.05, 0) is 50.7 Å². The quantitative estimate of drug-likeness (QED) is 0.620. The third-order valence-corrected chi connectivity index (χ3v) is 4.90. The number of para-hydroxylation sites is 1. The van der Waals surface area contributed by atoms with Crippen LogP contribution in [0.15, 0.2) is 42.6 Å². The van der Waals surface area contributed by atoms with E-state index in [1.807, 2.05) is 43.3 Å². The van der Waals surface area contributed by atoms with E-state index in [0.717, 1.165) is 54.2 Å². The van der Waals surface area contributed by atoms with Gasteiger partial charge in [0.05, 0.1) is 11.9 Å². The highest BCUT2D eigenvalue weighted by molar-refractivity contribution is 5.76. The fourth-order valence-electron chi connectivity index (χ4n) is 3.49. The molecule has 0 unspecified atom stereocenters. The van der Waals surface area contributed by atoms with Gasteiger partial charge in [0.15, 0.2) is 5.65 Å². The van der Waals surface area contributed by atoms with Crippen molar-refractivity contribution in [3.05, 3.63) is 48.3 Å². The fraction of sp³-hybridized carbons (Fsp3) is 0.333. The van der Waals surface area contributed by atoms with Crippen molar-refractivity contribution < 1.29 is 0 Å². The summed E-state index contributed by atoms with van der Waals surface area (Å²) >= 11 is 0. The van der Waals surface area contributed by atoms with Crippen LogP contribution < -0.4 is 16.4 Å². The van der Waals surface area contributed by atoms with Crippen molar-refractivity contribution in [2.24, 2.45) is 5.73 Å². The number of hydrogen-bond donors (Lipinski definition) is 3.